The zero-order valence-corrected chi connectivity index (χ0v) is 19.6. The van der Waals surface area contributed by atoms with Crippen molar-refractivity contribution in [2.45, 2.75) is 18.9 Å². The van der Waals surface area contributed by atoms with E-state index in [1.807, 2.05) is 12.1 Å². The molecular weight excluding hydrogens is 461 g/mol. The number of carbonyl (C=O) groups is 2. The number of aliphatic hydroxyl groups is 1. The third-order valence-corrected chi connectivity index (χ3v) is 6.16. The number of hydrogen-bond acceptors (Lipinski definition) is 6. The quantitative estimate of drug-likeness (QED) is 0.427. The average molecular weight is 488 g/mol. The lowest BCUT2D eigenvalue weighted by molar-refractivity contribution is -0.141. The number of carbonyl (C=O) groups excluding carboxylic acids is 2. The highest BCUT2D eigenvalue weighted by molar-refractivity contribution is 5.99. The van der Waals surface area contributed by atoms with Gasteiger partial charge in [-0.25, -0.2) is 9.37 Å². The van der Waals surface area contributed by atoms with Gasteiger partial charge >= 0.3 is 0 Å². The van der Waals surface area contributed by atoms with Crippen LogP contribution in [0.1, 0.15) is 27.9 Å². The van der Waals surface area contributed by atoms with Crippen LogP contribution in [0.4, 0.5) is 10.2 Å². The molecule has 2 amide bonds. The first-order valence-electron chi connectivity index (χ1n) is 11.7. The lowest BCUT2D eigenvalue weighted by Gasteiger charge is -2.40. The van der Waals surface area contributed by atoms with Crippen molar-refractivity contribution < 1.29 is 19.1 Å². The van der Waals surface area contributed by atoms with Crippen LogP contribution in [0.15, 0.2) is 60.7 Å². The van der Waals surface area contributed by atoms with Gasteiger partial charge in [0.25, 0.3) is 5.91 Å². The summed E-state index contributed by atoms with van der Waals surface area (Å²) in [5.41, 5.74) is 2.76. The molecule has 3 aromatic rings. The zero-order valence-electron chi connectivity index (χ0n) is 19.6. The average Bonchev–Trinajstić information content (AvgIpc) is 2.88. The van der Waals surface area contributed by atoms with Gasteiger partial charge in [-0.05, 0) is 48.7 Å². The van der Waals surface area contributed by atoms with Gasteiger partial charge in [0.05, 0.1) is 28.9 Å². The third kappa shape index (κ3) is 5.67. The molecule has 184 valence electrons. The second-order valence-corrected chi connectivity index (χ2v) is 8.45. The molecular formula is C27H26FN5O3. The Labute approximate surface area is 208 Å². The minimum absolute atomic E-state index is 0.160. The first kappa shape index (κ1) is 24.8. The summed E-state index contributed by atoms with van der Waals surface area (Å²) in [5, 5.41) is 24.6. The molecule has 0 spiro atoms. The number of aliphatic hydroxyl groups excluding tert-OH is 1. The van der Waals surface area contributed by atoms with Gasteiger partial charge < -0.3 is 20.6 Å². The Kier molecular flexibility index (Phi) is 7.88. The van der Waals surface area contributed by atoms with Crippen LogP contribution in [-0.4, -0.2) is 59.1 Å². The molecule has 1 fully saturated rings. The zero-order chi connectivity index (χ0) is 25.5. The van der Waals surface area contributed by atoms with E-state index >= 15 is 0 Å². The number of halogens is 1. The van der Waals surface area contributed by atoms with E-state index in [4.69, 9.17) is 5.11 Å². The van der Waals surface area contributed by atoms with Crippen molar-refractivity contribution in [3.05, 3.63) is 83.2 Å². The van der Waals surface area contributed by atoms with Crippen molar-refractivity contribution in [1.29, 1.82) is 5.26 Å². The van der Waals surface area contributed by atoms with Crippen LogP contribution in [0.2, 0.25) is 0 Å². The number of nitriles is 1. The Morgan fingerprint density at radius 2 is 2.00 bits per heavy atom. The van der Waals surface area contributed by atoms with Gasteiger partial charge in [0.15, 0.2) is 0 Å². The fourth-order valence-electron chi connectivity index (χ4n) is 4.13. The van der Waals surface area contributed by atoms with Crippen LogP contribution >= 0.6 is 0 Å². The number of nitrogens with one attached hydrogen (secondary N) is 2. The minimum atomic E-state index is -0.556. The molecule has 8 nitrogen and oxygen atoms in total. The summed E-state index contributed by atoms with van der Waals surface area (Å²) in [7, 11) is 0. The van der Waals surface area contributed by atoms with Gasteiger partial charge in [0.1, 0.15) is 18.2 Å². The van der Waals surface area contributed by atoms with Crippen molar-refractivity contribution >= 4 is 17.6 Å². The molecule has 2 aromatic carbocycles. The number of pyridine rings is 1. The van der Waals surface area contributed by atoms with E-state index in [-0.39, 0.29) is 30.2 Å². The maximum Gasteiger partial charge on any atom is 0.255 e. The second kappa shape index (κ2) is 11.4. The largest absolute Gasteiger partial charge is 0.387 e. The summed E-state index contributed by atoms with van der Waals surface area (Å²) in [4.78, 5) is 31.0. The van der Waals surface area contributed by atoms with Crippen molar-refractivity contribution in [2.24, 2.45) is 0 Å². The van der Waals surface area contributed by atoms with Gasteiger partial charge in [-0.1, -0.05) is 30.3 Å². The predicted molar refractivity (Wildman–Crippen MR) is 133 cm³/mol. The van der Waals surface area contributed by atoms with E-state index in [2.05, 4.69) is 21.7 Å². The summed E-state index contributed by atoms with van der Waals surface area (Å²) >= 11 is 0. The molecule has 0 radical (unpaired) electrons. The van der Waals surface area contributed by atoms with Crippen molar-refractivity contribution in [2.75, 3.05) is 31.6 Å². The van der Waals surface area contributed by atoms with E-state index in [9.17, 15) is 19.2 Å². The van der Waals surface area contributed by atoms with E-state index in [0.717, 1.165) is 12.0 Å². The van der Waals surface area contributed by atoms with Crippen molar-refractivity contribution in [3.8, 4) is 17.3 Å². The van der Waals surface area contributed by atoms with Gasteiger partial charge in [-0.3, -0.25) is 9.59 Å². The monoisotopic (exact) mass is 487 g/mol. The summed E-state index contributed by atoms with van der Waals surface area (Å²) < 4.78 is 13.5. The standard InChI is InChI=1S/C27H26FN5O3/c28-20-6-3-4-18(14-20)10-12-30-26-23(27(36)31-16-21-11-13-33(21)25(35)17-34)8-9-24(32-26)22-7-2-1-5-19(22)15-29/h1-9,14,21,34H,10-13,16-17H2,(H,30,32)(H,31,36)/t21-/m1/s1. The molecule has 2 heterocycles. The molecule has 1 aliphatic heterocycles. The second-order valence-electron chi connectivity index (χ2n) is 8.45. The fraction of sp³-hybridized carbons (Fsp3) is 0.259. The molecule has 0 aliphatic carbocycles. The van der Waals surface area contributed by atoms with Crippen LogP contribution in [0.25, 0.3) is 11.3 Å². The number of amides is 2. The normalized spacial score (nSPS) is 14.5. The number of nitrogens with zero attached hydrogens (tertiary/aromatic N) is 3. The van der Waals surface area contributed by atoms with Gasteiger partial charge in [0.2, 0.25) is 5.91 Å². The molecule has 1 aliphatic rings. The highest BCUT2D eigenvalue weighted by Gasteiger charge is 2.31. The van der Waals surface area contributed by atoms with Crippen LogP contribution in [0.5, 0.6) is 0 Å². The van der Waals surface area contributed by atoms with Gasteiger partial charge in [-0.2, -0.15) is 5.26 Å². The fourth-order valence-corrected chi connectivity index (χ4v) is 4.13. The van der Waals surface area contributed by atoms with E-state index in [1.54, 1.807) is 41.3 Å². The number of anilines is 1. The smallest absolute Gasteiger partial charge is 0.255 e. The lowest BCUT2D eigenvalue weighted by Crippen LogP contribution is -2.56. The maximum atomic E-state index is 13.5. The predicted octanol–water partition coefficient (Wildman–Crippen LogP) is 2.74. The van der Waals surface area contributed by atoms with Crippen LogP contribution in [0, 0.1) is 17.1 Å². The SMILES string of the molecule is N#Cc1ccccc1-c1ccc(C(=O)NC[C@H]2CCN2C(=O)CO)c(NCCc2cccc(F)c2)n1. The van der Waals surface area contributed by atoms with Crippen LogP contribution in [-0.2, 0) is 11.2 Å². The van der Waals surface area contributed by atoms with E-state index in [0.29, 0.717) is 47.7 Å². The molecule has 36 heavy (non-hydrogen) atoms. The number of aromatic nitrogens is 1. The van der Waals surface area contributed by atoms with Gasteiger partial charge in [0, 0.05) is 25.2 Å². The Balaban J connectivity index is 1.53. The Morgan fingerprint density at radius 3 is 2.72 bits per heavy atom. The molecule has 3 N–H and O–H groups in total. The molecule has 1 aromatic heterocycles. The number of likely N-dealkylation sites (tertiary alicyclic amines) is 1. The summed E-state index contributed by atoms with van der Waals surface area (Å²) in [6.45, 7) is 0.661. The van der Waals surface area contributed by atoms with E-state index in [1.165, 1.54) is 12.1 Å². The first-order valence-corrected chi connectivity index (χ1v) is 11.7. The first-order chi connectivity index (χ1) is 17.5. The minimum Gasteiger partial charge on any atom is -0.387 e. The molecule has 9 heteroatoms. The Hall–Kier alpha value is -4.29. The van der Waals surface area contributed by atoms with Gasteiger partial charge in [-0.15, -0.1) is 0 Å². The summed E-state index contributed by atoms with van der Waals surface area (Å²) in [6.07, 6.45) is 1.26. The highest BCUT2D eigenvalue weighted by Crippen LogP contribution is 2.25. The van der Waals surface area contributed by atoms with Crippen LogP contribution < -0.4 is 10.6 Å². The number of hydrogen-bond donors (Lipinski definition) is 3. The highest BCUT2D eigenvalue weighted by atomic mass is 19.1. The Bertz CT molecular complexity index is 1310. The maximum absolute atomic E-state index is 13.5. The Morgan fingerprint density at radius 1 is 1.17 bits per heavy atom. The number of benzene rings is 2. The summed E-state index contributed by atoms with van der Waals surface area (Å²) in [6, 6.07) is 18.7. The van der Waals surface area contributed by atoms with Crippen LogP contribution in [0.3, 0.4) is 0 Å². The third-order valence-electron chi connectivity index (χ3n) is 6.16. The topological polar surface area (TPSA) is 118 Å². The lowest BCUT2D eigenvalue weighted by atomic mass is 10.0. The molecule has 0 saturated carbocycles. The molecule has 1 saturated heterocycles. The molecule has 0 unspecified atom stereocenters. The van der Waals surface area contributed by atoms with E-state index < -0.39 is 6.61 Å². The molecule has 4 rings (SSSR count). The van der Waals surface area contributed by atoms with Crippen molar-refractivity contribution in [3.63, 3.8) is 0 Å². The summed E-state index contributed by atoms with van der Waals surface area (Å²) in [5.74, 6) is -0.696. The number of rotatable bonds is 9. The molecule has 1 atom stereocenters. The van der Waals surface area contributed by atoms with Crippen molar-refractivity contribution in [1.82, 2.24) is 15.2 Å². The molecule has 0 bridgehead atoms.